The molecule has 8 nitrogen and oxygen atoms in total. The fraction of sp³-hybridized carbons (Fsp3) is 0.417. The second-order valence-electron chi connectivity index (χ2n) is 8.61. The van der Waals surface area contributed by atoms with Crippen molar-refractivity contribution in [2.24, 2.45) is 5.41 Å². The zero-order valence-corrected chi connectivity index (χ0v) is 18.6. The number of nitrogens with one attached hydrogen (secondary N) is 2. The van der Waals surface area contributed by atoms with Crippen molar-refractivity contribution < 1.29 is 14.0 Å². The minimum atomic E-state index is -0.638. The number of hydrogen-bond donors (Lipinski definition) is 2. The molecule has 0 saturated carbocycles. The Hall–Kier alpha value is -3.51. The highest BCUT2D eigenvalue weighted by Gasteiger charge is 2.52. The molecule has 33 heavy (non-hydrogen) atoms. The van der Waals surface area contributed by atoms with Gasteiger partial charge in [0.25, 0.3) is 5.91 Å². The molecule has 170 valence electrons. The highest BCUT2D eigenvalue weighted by Crippen LogP contribution is 2.49. The number of carbonyl (C=O) groups is 2. The third kappa shape index (κ3) is 3.51. The van der Waals surface area contributed by atoms with Crippen LogP contribution in [0.3, 0.4) is 0 Å². The van der Waals surface area contributed by atoms with E-state index in [1.54, 1.807) is 6.07 Å². The van der Waals surface area contributed by atoms with Crippen LogP contribution >= 0.6 is 0 Å². The normalized spacial score (nSPS) is 23.4. The number of rotatable bonds is 5. The summed E-state index contributed by atoms with van der Waals surface area (Å²) < 4.78 is 14.5. The van der Waals surface area contributed by atoms with E-state index in [4.69, 9.17) is 0 Å². The van der Waals surface area contributed by atoms with Crippen LogP contribution in [0.5, 0.6) is 0 Å². The molecule has 4 heterocycles. The molecule has 3 aliphatic rings. The second kappa shape index (κ2) is 8.12. The molecule has 0 radical (unpaired) electrons. The molecule has 0 aromatic carbocycles. The predicted octanol–water partition coefficient (Wildman–Crippen LogP) is 1.75. The Labute approximate surface area is 191 Å². The van der Waals surface area contributed by atoms with E-state index in [1.165, 1.54) is 13.1 Å². The Morgan fingerprint density at radius 3 is 2.76 bits per heavy atom. The second-order valence-corrected chi connectivity index (χ2v) is 8.61. The fourth-order valence-electron chi connectivity index (χ4n) is 4.75. The minimum absolute atomic E-state index is 0.0353. The van der Waals surface area contributed by atoms with Crippen LogP contribution in [0.15, 0.2) is 24.4 Å². The van der Waals surface area contributed by atoms with Gasteiger partial charge in [0, 0.05) is 46.0 Å². The van der Waals surface area contributed by atoms with Gasteiger partial charge < -0.3 is 15.5 Å². The molecule has 2 atom stereocenters. The van der Waals surface area contributed by atoms with Crippen molar-refractivity contribution in [1.82, 2.24) is 20.2 Å². The Morgan fingerprint density at radius 1 is 1.33 bits per heavy atom. The first-order chi connectivity index (χ1) is 15.9. The standard InChI is InChI=1S/C24H25FN6O2/c1-3-24-7-6-16(24)20-18(29-23(24)33)12-15(13-27-20)14-30-8-10-31(11-9-30)19-5-4-17(22(32)26-2)28-21(19)25/h4-5,12-13,16H,3,8-11,14H2,1-2H3,(H,26,32)(H,29,33)/t16-,24-/m0/s1. The summed E-state index contributed by atoms with van der Waals surface area (Å²) in [6.07, 6.45) is 2.54. The molecule has 2 aromatic rings. The van der Waals surface area contributed by atoms with E-state index in [1.807, 2.05) is 24.1 Å². The first-order valence-electron chi connectivity index (χ1n) is 11.1. The lowest BCUT2D eigenvalue weighted by atomic mass is 9.63. The van der Waals surface area contributed by atoms with Gasteiger partial charge in [-0.2, -0.15) is 4.39 Å². The van der Waals surface area contributed by atoms with E-state index in [-0.39, 0.29) is 17.5 Å². The number of hydrogen-bond acceptors (Lipinski definition) is 6. The summed E-state index contributed by atoms with van der Waals surface area (Å²) in [5, 5.41) is 5.45. The van der Waals surface area contributed by atoms with E-state index < -0.39 is 17.3 Å². The molecule has 9 heteroatoms. The van der Waals surface area contributed by atoms with E-state index >= 15 is 0 Å². The Bertz CT molecular complexity index is 1200. The first kappa shape index (κ1) is 21.3. The van der Waals surface area contributed by atoms with Crippen molar-refractivity contribution in [2.45, 2.75) is 25.8 Å². The Balaban J connectivity index is 1.23. The molecular weight excluding hydrogens is 423 g/mol. The van der Waals surface area contributed by atoms with Crippen molar-refractivity contribution in [2.75, 3.05) is 43.4 Å². The van der Waals surface area contributed by atoms with Crippen LogP contribution in [0.2, 0.25) is 0 Å². The van der Waals surface area contributed by atoms with Gasteiger partial charge in [0.1, 0.15) is 11.1 Å². The van der Waals surface area contributed by atoms with Gasteiger partial charge in [-0.05, 0) is 30.2 Å². The van der Waals surface area contributed by atoms with Crippen LogP contribution in [-0.2, 0) is 11.3 Å². The number of anilines is 2. The molecule has 5 rings (SSSR count). The van der Waals surface area contributed by atoms with Crippen LogP contribution in [0.25, 0.3) is 0 Å². The van der Waals surface area contributed by atoms with Crippen LogP contribution in [0.4, 0.5) is 15.8 Å². The van der Waals surface area contributed by atoms with Gasteiger partial charge in [0.05, 0.1) is 23.0 Å². The van der Waals surface area contributed by atoms with E-state index in [0.29, 0.717) is 31.7 Å². The molecule has 1 saturated heterocycles. The Kier molecular flexibility index (Phi) is 5.25. The maximum Gasteiger partial charge on any atom is 0.269 e. The number of piperazine rings is 1. The molecule has 0 spiro atoms. The molecule has 2 N–H and O–H groups in total. The molecule has 2 aromatic heterocycles. The lowest BCUT2D eigenvalue weighted by Gasteiger charge is -2.41. The van der Waals surface area contributed by atoms with Crippen LogP contribution in [0.1, 0.15) is 41.0 Å². The number of aromatic nitrogens is 2. The van der Waals surface area contributed by atoms with Gasteiger partial charge >= 0.3 is 0 Å². The van der Waals surface area contributed by atoms with Gasteiger partial charge in [-0.25, -0.2) is 4.98 Å². The molecular formula is C24H25FN6O2. The fourth-order valence-corrected chi connectivity index (χ4v) is 4.75. The zero-order valence-electron chi connectivity index (χ0n) is 18.6. The van der Waals surface area contributed by atoms with Crippen LogP contribution < -0.4 is 15.5 Å². The maximum atomic E-state index is 14.5. The molecule has 2 amide bonds. The van der Waals surface area contributed by atoms with Crippen molar-refractivity contribution in [3.63, 3.8) is 0 Å². The molecule has 1 fully saturated rings. The minimum Gasteiger partial charge on any atom is -0.365 e. The predicted molar refractivity (Wildman–Crippen MR) is 121 cm³/mol. The molecule has 1 aliphatic carbocycles. The van der Waals surface area contributed by atoms with Crippen LogP contribution in [-0.4, -0.2) is 59.9 Å². The van der Waals surface area contributed by atoms with Crippen molar-refractivity contribution >= 4 is 23.2 Å². The van der Waals surface area contributed by atoms with Gasteiger partial charge in [0.15, 0.2) is 0 Å². The van der Waals surface area contributed by atoms with Crippen molar-refractivity contribution in [3.8, 4) is 11.8 Å². The smallest absolute Gasteiger partial charge is 0.269 e. The molecule has 0 bridgehead atoms. The van der Waals surface area contributed by atoms with Crippen molar-refractivity contribution in [1.29, 1.82) is 0 Å². The first-order valence-corrected chi connectivity index (χ1v) is 11.1. The number of nitrogens with zero attached hydrogens (tertiary/aromatic N) is 4. The summed E-state index contributed by atoms with van der Waals surface area (Å²) in [4.78, 5) is 36.9. The topological polar surface area (TPSA) is 90.5 Å². The monoisotopic (exact) mass is 448 g/mol. The SMILES string of the molecule is CC[C@]12C#C[C@H]1c1ncc(CN3CCN(c4ccc(C(=O)NC)nc4F)CC3)cc1NC2=O. The van der Waals surface area contributed by atoms with Crippen LogP contribution in [0, 0.1) is 23.2 Å². The summed E-state index contributed by atoms with van der Waals surface area (Å²) in [5.41, 5.74) is 2.47. The third-order valence-electron chi connectivity index (χ3n) is 6.80. The summed E-state index contributed by atoms with van der Waals surface area (Å²) >= 11 is 0. The third-order valence-corrected chi connectivity index (χ3v) is 6.80. The molecule has 2 aliphatic heterocycles. The summed E-state index contributed by atoms with van der Waals surface area (Å²) in [7, 11) is 1.49. The van der Waals surface area contributed by atoms with Gasteiger partial charge in [-0.15, -0.1) is 0 Å². The van der Waals surface area contributed by atoms with E-state index in [2.05, 4.69) is 37.3 Å². The average Bonchev–Trinajstić information content (AvgIpc) is 2.80. The lowest BCUT2D eigenvalue weighted by molar-refractivity contribution is -0.124. The number of pyridine rings is 2. The molecule has 0 unspecified atom stereocenters. The zero-order chi connectivity index (χ0) is 23.2. The number of halogens is 1. The highest BCUT2D eigenvalue weighted by molar-refractivity contribution is 6.03. The van der Waals surface area contributed by atoms with E-state index in [0.717, 1.165) is 30.0 Å². The van der Waals surface area contributed by atoms with Gasteiger partial charge in [-0.3, -0.25) is 19.5 Å². The van der Waals surface area contributed by atoms with Gasteiger partial charge in [0.2, 0.25) is 11.9 Å². The number of carbonyl (C=O) groups excluding carboxylic acids is 2. The lowest BCUT2D eigenvalue weighted by Crippen LogP contribution is -2.48. The van der Waals surface area contributed by atoms with Gasteiger partial charge in [-0.1, -0.05) is 18.8 Å². The van der Waals surface area contributed by atoms with Crippen molar-refractivity contribution in [3.05, 3.63) is 47.3 Å². The largest absolute Gasteiger partial charge is 0.365 e. The Morgan fingerprint density at radius 2 is 2.12 bits per heavy atom. The maximum absolute atomic E-state index is 14.5. The number of amides is 2. The summed E-state index contributed by atoms with van der Waals surface area (Å²) in [5.74, 6) is 4.96. The number of fused-ring (bicyclic) bond motifs is 3. The summed E-state index contributed by atoms with van der Waals surface area (Å²) in [6, 6.07) is 5.14. The highest BCUT2D eigenvalue weighted by atomic mass is 19.1. The average molecular weight is 449 g/mol. The summed E-state index contributed by atoms with van der Waals surface area (Å²) in [6.45, 7) is 5.45. The quantitative estimate of drug-likeness (QED) is 0.535. The van der Waals surface area contributed by atoms with E-state index in [9.17, 15) is 14.0 Å².